The second kappa shape index (κ2) is 7.70. The largest absolute Gasteiger partial charge is 0.466 e. The highest BCUT2D eigenvalue weighted by Gasteiger charge is 2.19. The fourth-order valence-corrected chi connectivity index (χ4v) is 2.44. The second-order valence-corrected chi connectivity index (χ2v) is 5.44. The standard InChI is InChI=1S/C14H27NO2/c1-4-17-14(16)9-12(3)15-10-13-7-5-11(2)6-8-13/h11-13,15H,4-10H2,1-3H3. The van der Waals surface area contributed by atoms with Gasteiger partial charge in [-0.05, 0) is 45.1 Å². The summed E-state index contributed by atoms with van der Waals surface area (Å²) >= 11 is 0. The van der Waals surface area contributed by atoms with Crippen molar-refractivity contribution in [2.75, 3.05) is 13.2 Å². The Kier molecular flexibility index (Phi) is 6.56. The predicted molar refractivity (Wildman–Crippen MR) is 69.8 cm³/mol. The van der Waals surface area contributed by atoms with Gasteiger partial charge in [-0.3, -0.25) is 4.79 Å². The third-order valence-corrected chi connectivity index (χ3v) is 3.67. The van der Waals surface area contributed by atoms with E-state index >= 15 is 0 Å². The summed E-state index contributed by atoms with van der Waals surface area (Å²) in [6.07, 6.45) is 5.87. The van der Waals surface area contributed by atoms with E-state index in [1.54, 1.807) is 0 Å². The smallest absolute Gasteiger partial charge is 0.307 e. The summed E-state index contributed by atoms with van der Waals surface area (Å²) in [4.78, 5) is 11.3. The molecule has 1 fully saturated rings. The van der Waals surface area contributed by atoms with Crippen molar-refractivity contribution in [3.63, 3.8) is 0 Å². The van der Waals surface area contributed by atoms with Gasteiger partial charge >= 0.3 is 5.97 Å². The Bertz CT molecular complexity index is 222. The number of carbonyl (C=O) groups is 1. The first-order chi connectivity index (χ1) is 8.11. The lowest BCUT2D eigenvalue weighted by Gasteiger charge is -2.27. The van der Waals surface area contributed by atoms with Crippen LogP contribution in [0, 0.1) is 11.8 Å². The van der Waals surface area contributed by atoms with E-state index in [2.05, 4.69) is 19.2 Å². The Hall–Kier alpha value is -0.570. The molecular weight excluding hydrogens is 214 g/mol. The highest BCUT2D eigenvalue weighted by atomic mass is 16.5. The van der Waals surface area contributed by atoms with Crippen LogP contribution in [0.2, 0.25) is 0 Å². The summed E-state index contributed by atoms with van der Waals surface area (Å²) in [7, 11) is 0. The fraction of sp³-hybridized carbons (Fsp3) is 0.929. The van der Waals surface area contributed by atoms with Crippen molar-refractivity contribution >= 4 is 5.97 Å². The van der Waals surface area contributed by atoms with Crippen molar-refractivity contribution in [3.05, 3.63) is 0 Å². The maximum atomic E-state index is 11.3. The summed E-state index contributed by atoms with van der Waals surface area (Å²) in [5, 5.41) is 3.46. The number of ether oxygens (including phenoxy) is 1. The lowest BCUT2D eigenvalue weighted by atomic mass is 9.83. The van der Waals surface area contributed by atoms with Crippen LogP contribution in [0.25, 0.3) is 0 Å². The molecule has 3 heteroatoms. The van der Waals surface area contributed by atoms with Gasteiger partial charge in [0, 0.05) is 6.04 Å². The van der Waals surface area contributed by atoms with Crippen LogP contribution in [-0.4, -0.2) is 25.2 Å². The molecule has 0 bridgehead atoms. The predicted octanol–water partition coefficient (Wildman–Crippen LogP) is 2.74. The molecule has 1 rings (SSSR count). The zero-order valence-electron chi connectivity index (χ0n) is 11.5. The number of nitrogens with one attached hydrogen (secondary N) is 1. The molecule has 1 aliphatic rings. The van der Waals surface area contributed by atoms with Gasteiger partial charge < -0.3 is 10.1 Å². The van der Waals surface area contributed by atoms with Crippen molar-refractivity contribution in [1.82, 2.24) is 5.32 Å². The van der Waals surface area contributed by atoms with Crippen LogP contribution in [-0.2, 0) is 9.53 Å². The number of hydrogen-bond donors (Lipinski definition) is 1. The van der Waals surface area contributed by atoms with Crippen molar-refractivity contribution in [2.45, 2.75) is 58.9 Å². The highest BCUT2D eigenvalue weighted by molar-refractivity contribution is 5.69. The van der Waals surface area contributed by atoms with Crippen molar-refractivity contribution in [2.24, 2.45) is 11.8 Å². The average Bonchev–Trinajstić information content (AvgIpc) is 2.28. The molecule has 0 aromatic carbocycles. The maximum absolute atomic E-state index is 11.3. The van der Waals surface area contributed by atoms with E-state index in [1.807, 2.05) is 6.92 Å². The SMILES string of the molecule is CCOC(=O)CC(C)NCC1CCC(C)CC1. The minimum absolute atomic E-state index is 0.0928. The van der Waals surface area contributed by atoms with E-state index in [4.69, 9.17) is 4.74 Å². The van der Waals surface area contributed by atoms with Crippen molar-refractivity contribution in [3.8, 4) is 0 Å². The molecule has 100 valence electrons. The molecule has 0 spiro atoms. The number of carbonyl (C=O) groups excluding carboxylic acids is 1. The molecule has 1 atom stereocenters. The van der Waals surface area contributed by atoms with Crippen LogP contribution in [0.5, 0.6) is 0 Å². The molecule has 1 aliphatic carbocycles. The van der Waals surface area contributed by atoms with Gasteiger partial charge in [0.2, 0.25) is 0 Å². The van der Waals surface area contributed by atoms with Gasteiger partial charge in [-0.25, -0.2) is 0 Å². The van der Waals surface area contributed by atoms with E-state index in [0.717, 1.165) is 18.4 Å². The lowest BCUT2D eigenvalue weighted by Crippen LogP contribution is -2.34. The van der Waals surface area contributed by atoms with Crippen LogP contribution in [0.3, 0.4) is 0 Å². The molecule has 3 nitrogen and oxygen atoms in total. The van der Waals surface area contributed by atoms with Crippen LogP contribution in [0.15, 0.2) is 0 Å². The maximum Gasteiger partial charge on any atom is 0.307 e. The zero-order valence-corrected chi connectivity index (χ0v) is 11.5. The lowest BCUT2D eigenvalue weighted by molar-refractivity contribution is -0.143. The zero-order chi connectivity index (χ0) is 12.7. The first-order valence-corrected chi connectivity index (χ1v) is 7.00. The Morgan fingerprint density at radius 1 is 1.35 bits per heavy atom. The summed E-state index contributed by atoms with van der Waals surface area (Å²) in [6.45, 7) is 7.77. The van der Waals surface area contributed by atoms with Crippen molar-refractivity contribution in [1.29, 1.82) is 0 Å². The normalized spacial score (nSPS) is 26.5. The summed E-state index contributed by atoms with van der Waals surface area (Å²) in [5.41, 5.74) is 0. The number of hydrogen-bond acceptors (Lipinski definition) is 3. The molecule has 0 aromatic heterocycles. The molecule has 1 N–H and O–H groups in total. The number of esters is 1. The van der Waals surface area contributed by atoms with Gasteiger partial charge in [0.1, 0.15) is 0 Å². The third-order valence-electron chi connectivity index (χ3n) is 3.67. The van der Waals surface area contributed by atoms with Gasteiger partial charge in [-0.2, -0.15) is 0 Å². The Balaban J connectivity index is 2.11. The van der Waals surface area contributed by atoms with Crippen LogP contribution < -0.4 is 5.32 Å². The van der Waals surface area contributed by atoms with Gasteiger partial charge in [-0.15, -0.1) is 0 Å². The molecule has 1 saturated carbocycles. The molecule has 0 saturated heterocycles. The molecule has 1 unspecified atom stereocenters. The summed E-state index contributed by atoms with van der Waals surface area (Å²) in [5.74, 6) is 1.61. The van der Waals surface area contributed by atoms with E-state index in [9.17, 15) is 4.79 Å². The second-order valence-electron chi connectivity index (χ2n) is 5.44. The van der Waals surface area contributed by atoms with Crippen LogP contribution >= 0.6 is 0 Å². The van der Waals surface area contributed by atoms with Crippen LogP contribution in [0.4, 0.5) is 0 Å². The van der Waals surface area contributed by atoms with Gasteiger partial charge in [0.15, 0.2) is 0 Å². The topological polar surface area (TPSA) is 38.3 Å². The first-order valence-electron chi connectivity index (χ1n) is 7.00. The quantitative estimate of drug-likeness (QED) is 0.727. The van der Waals surface area contributed by atoms with Gasteiger partial charge in [-0.1, -0.05) is 19.8 Å². The summed E-state index contributed by atoms with van der Waals surface area (Å²) in [6, 6.07) is 0.230. The Labute approximate surface area is 105 Å². The van der Waals surface area contributed by atoms with Gasteiger partial charge in [0.25, 0.3) is 0 Å². The Morgan fingerprint density at radius 2 is 2.00 bits per heavy atom. The van der Waals surface area contributed by atoms with E-state index < -0.39 is 0 Å². The van der Waals surface area contributed by atoms with Crippen molar-refractivity contribution < 1.29 is 9.53 Å². The minimum atomic E-state index is -0.0928. The molecule has 0 radical (unpaired) electrons. The van der Waals surface area contributed by atoms with E-state index in [1.165, 1.54) is 25.7 Å². The molecule has 0 aliphatic heterocycles. The fourth-order valence-electron chi connectivity index (χ4n) is 2.44. The molecule has 17 heavy (non-hydrogen) atoms. The molecule has 0 amide bonds. The Morgan fingerprint density at radius 3 is 2.59 bits per heavy atom. The van der Waals surface area contributed by atoms with E-state index in [0.29, 0.717) is 13.0 Å². The average molecular weight is 241 g/mol. The van der Waals surface area contributed by atoms with Crippen LogP contribution in [0.1, 0.15) is 52.9 Å². The highest BCUT2D eigenvalue weighted by Crippen LogP contribution is 2.27. The van der Waals surface area contributed by atoms with Gasteiger partial charge in [0.05, 0.1) is 13.0 Å². The molecule has 0 aromatic rings. The number of rotatable bonds is 6. The first kappa shape index (κ1) is 14.5. The van der Waals surface area contributed by atoms with E-state index in [-0.39, 0.29) is 12.0 Å². The molecular formula is C14H27NO2. The summed E-state index contributed by atoms with van der Waals surface area (Å²) < 4.78 is 4.94. The monoisotopic (exact) mass is 241 g/mol. The minimum Gasteiger partial charge on any atom is -0.466 e. The third kappa shape index (κ3) is 6.06. The molecule has 0 heterocycles.